The lowest BCUT2D eigenvalue weighted by Gasteiger charge is -2.31. The molecule has 1 saturated heterocycles. The fourth-order valence-electron chi connectivity index (χ4n) is 2.88. The molecule has 3 heterocycles. The maximum absolute atomic E-state index is 14.2. The number of fused-ring (bicyclic) bond motifs is 1. The minimum Gasteiger partial charge on any atom is -0.378 e. The highest BCUT2D eigenvalue weighted by molar-refractivity contribution is 6.01. The first-order valence-electron chi connectivity index (χ1n) is 7.86. The molecule has 130 valence electrons. The van der Waals surface area contributed by atoms with Gasteiger partial charge >= 0.3 is 6.03 Å². The number of amides is 2. The van der Waals surface area contributed by atoms with Crippen molar-refractivity contribution in [2.24, 2.45) is 0 Å². The van der Waals surface area contributed by atoms with Crippen molar-refractivity contribution in [1.29, 1.82) is 0 Å². The lowest BCUT2D eigenvalue weighted by molar-refractivity contribution is 0.122. The molecule has 0 radical (unpaired) electrons. The van der Waals surface area contributed by atoms with E-state index in [0.29, 0.717) is 37.8 Å². The van der Waals surface area contributed by atoms with Crippen molar-refractivity contribution < 1.29 is 18.3 Å². The van der Waals surface area contributed by atoms with E-state index < -0.39 is 23.4 Å². The van der Waals surface area contributed by atoms with Gasteiger partial charge in [0.1, 0.15) is 17.3 Å². The molecule has 0 atom stereocenters. The molecule has 0 saturated carbocycles. The Morgan fingerprint density at radius 2 is 1.88 bits per heavy atom. The fourth-order valence-corrected chi connectivity index (χ4v) is 2.88. The van der Waals surface area contributed by atoms with Gasteiger partial charge < -0.3 is 15.0 Å². The van der Waals surface area contributed by atoms with Gasteiger partial charge in [0.25, 0.3) is 0 Å². The molecule has 0 aliphatic carbocycles. The number of hydrogen-bond acceptors (Lipinski definition) is 5. The average molecular weight is 347 g/mol. The first-order valence-corrected chi connectivity index (χ1v) is 7.86. The zero-order valence-electron chi connectivity index (χ0n) is 13.2. The zero-order chi connectivity index (χ0) is 17.4. The first-order chi connectivity index (χ1) is 12.1. The molecular weight excluding hydrogens is 332 g/mol. The van der Waals surface area contributed by atoms with Gasteiger partial charge in [-0.2, -0.15) is 4.98 Å². The summed E-state index contributed by atoms with van der Waals surface area (Å²) in [5, 5.41) is 2.58. The summed E-state index contributed by atoms with van der Waals surface area (Å²) in [4.78, 5) is 23.9. The van der Waals surface area contributed by atoms with Gasteiger partial charge in [-0.15, -0.1) is 0 Å². The van der Waals surface area contributed by atoms with Gasteiger partial charge in [-0.25, -0.2) is 23.5 Å². The summed E-state index contributed by atoms with van der Waals surface area (Å²) < 4.78 is 33.8. The second kappa shape index (κ2) is 6.25. The SMILES string of the molecule is O=C1NCc2cnc(N3CCOCC3)nc2N1c1c(F)cccc1F. The normalized spacial score (nSPS) is 17.3. The predicted octanol–water partition coefficient (Wildman–Crippen LogP) is 1.95. The first kappa shape index (κ1) is 15.7. The van der Waals surface area contributed by atoms with E-state index in [2.05, 4.69) is 15.3 Å². The number of carbonyl (C=O) groups excluding carboxylic acids is 1. The van der Waals surface area contributed by atoms with Crippen molar-refractivity contribution in [2.75, 3.05) is 36.1 Å². The highest BCUT2D eigenvalue weighted by Crippen LogP contribution is 2.34. The smallest absolute Gasteiger partial charge is 0.328 e. The number of carbonyl (C=O) groups is 1. The van der Waals surface area contributed by atoms with Crippen molar-refractivity contribution in [3.05, 3.63) is 41.6 Å². The Hall–Kier alpha value is -2.81. The highest BCUT2D eigenvalue weighted by Gasteiger charge is 2.32. The van der Waals surface area contributed by atoms with E-state index in [1.165, 1.54) is 6.07 Å². The minimum atomic E-state index is -0.838. The van der Waals surface area contributed by atoms with Gasteiger partial charge in [0, 0.05) is 31.4 Å². The Morgan fingerprint density at radius 1 is 1.16 bits per heavy atom. The Labute approximate surface area is 142 Å². The number of rotatable bonds is 2. The second-order valence-corrected chi connectivity index (χ2v) is 5.68. The molecule has 25 heavy (non-hydrogen) atoms. The summed E-state index contributed by atoms with van der Waals surface area (Å²) in [7, 11) is 0. The number of halogens is 2. The summed E-state index contributed by atoms with van der Waals surface area (Å²) in [6, 6.07) is 2.81. The topological polar surface area (TPSA) is 70.6 Å². The molecule has 0 unspecified atom stereocenters. The number of benzene rings is 1. The number of ether oxygens (including phenoxy) is 1. The van der Waals surface area contributed by atoms with Crippen LogP contribution >= 0.6 is 0 Å². The van der Waals surface area contributed by atoms with Crippen molar-refractivity contribution in [3.63, 3.8) is 0 Å². The van der Waals surface area contributed by atoms with E-state index in [0.717, 1.165) is 17.0 Å². The Bertz CT molecular complexity index is 806. The molecule has 1 aromatic carbocycles. The predicted molar refractivity (Wildman–Crippen MR) is 85.8 cm³/mol. The zero-order valence-corrected chi connectivity index (χ0v) is 13.2. The van der Waals surface area contributed by atoms with Crippen LogP contribution in [0.5, 0.6) is 0 Å². The molecule has 7 nitrogen and oxygen atoms in total. The third-order valence-electron chi connectivity index (χ3n) is 4.13. The van der Waals surface area contributed by atoms with Gasteiger partial charge in [0.2, 0.25) is 5.95 Å². The summed E-state index contributed by atoms with van der Waals surface area (Å²) in [6.07, 6.45) is 1.57. The third-order valence-corrected chi connectivity index (χ3v) is 4.13. The summed E-state index contributed by atoms with van der Waals surface area (Å²) in [5.74, 6) is -1.09. The molecular formula is C16H15F2N5O2. The van der Waals surface area contributed by atoms with E-state index >= 15 is 0 Å². The molecule has 2 aromatic rings. The van der Waals surface area contributed by atoms with Gasteiger partial charge in [0.15, 0.2) is 5.82 Å². The van der Waals surface area contributed by atoms with Crippen molar-refractivity contribution in [2.45, 2.75) is 6.54 Å². The third kappa shape index (κ3) is 2.76. The van der Waals surface area contributed by atoms with Gasteiger partial charge in [0.05, 0.1) is 13.2 Å². The van der Waals surface area contributed by atoms with Crippen molar-refractivity contribution in [3.8, 4) is 0 Å². The number of aromatic nitrogens is 2. The Balaban J connectivity index is 1.81. The molecule has 0 spiro atoms. The van der Waals surface area contributed by atoms with Crippen molar-refractivity contribution in [1.82, 2.24) is 15.3 Å². The van der Waals surface area contributed by atoms with E-state index in [4.69, 9.17) is 4.74 Å². The number of hydrogen-bond donors (Lipinski definition) is 1. The van der Waals surface area contributed by atoms with Crippen LogP contribution in [0.25, 0.3) is 0 Å². The molecule has 2 aliphatic heterocycles. The molecule has 2 aliphatic rings. The fraction of sp³-hybridized carbons (Fsp3) is 0.312. The molecule has 0 bridgehead atoms. The van der Waals surface area contributed by atoms with Crippen LogP contribution in [0.2, 0.25) is 0 Å². The van der Waals surface area contributed by atoms with Crippen LogP contribution in [0.3, 0.4) is 0 Å². The molecule has 9 heteroatoms. The molecule has 2 amide bonds. The lowest BCUT2D eigenvalue weighted by Crippen LogP contribution is -2.43. The Morgan fingerprint density at radius 3 is 2.60 bits per heavy atom. The number of para-hydroxylation sites is 1. The van der Waals surface area contributed by atoms with E-state index in [1.54, 1.807) is 6.20 Å². The second-order valence-electron chi connectivity index (χ2n) is 5.68. The van der Waals surface area contributed by atoms with Crippen LogP contribution in [0.4, 0.5) is 31.0 Å². The lowest BCUT2D eigenvalue weighted by atomic mass is 10.2. The molecule has 4 rings (SSSR count). The summed E-state index contributed by atoms with van der Waals surface area (Å²) in [5.41, 5.74) is 0.131. The van der Waals surface area contributed by atoms with Crippen LogP contribution in [0.1, 0.15) is 5.56 Å². The van der Waals surface area contributed by atoms with E-state index in [9.17, 15) is 13.6 Å². The number of nitrogens with zero attached hydrogens (tertiary/aromatic N) is 4. The van der Waals surface area contributed by atoms with Gasteiger partial charge in [-0.3, -0.25) is 0 Å². The highest BCUT2D eigenvalue weighted by atomic mass is 19.1. The molecule has 1 N–H and O–H groups in total. The quantitative estimate of drug-likeness (QED) is 0.899. The standard InChI is InChI=1S/C16H15F2N5O2/c17-11-2-1-3-12(18)13(11)23-14-10(9-20-16(23)24)8-19-15(21-14)22-4-6-25-7-5-22/h1-3,8H,4-7,9H2,(H,20,24). The van der Waals surface area contributed by atoms with Gasteiger partial charge in [-0.1, -0.05) is 6.07 Å². The van der Waals surface area contributed by atoms with E-state index in [-0.39, 0.29) is 12.4 Å². The van der Waals surface area contributed by atoms with Crippen LogP contribution in [-0.4, -0.2) is 42.3 Å². The van der Waals surface area contributed by atoms with Crippen LogP contribution in [-0.2, 0) is 11.3 Å². The summed E-state index contributed by atoms with van der Waals surface area (Å²) in [6.45, 7) is 2.52. The molecule has 1 fully saturated rings. The van der Waals surface area contributed by atoms with Crippen LogP contribution in [0.15, 0.2) is 24.4 Å². The Kier molecular flexibility index (Phi) is 3.92. The molecule has 1 aromatic heterocycles. The largest absolute Gasteiger partial charge is 0.378 e. The average Bonchev–Trinajstić information content (AvgIpc) is 2.63. The number of morpholine rings is 1. The van der Waals surface area contributed by atoms with Gasteiger partial charge in [-0.05, 0) is 12.1 Å². The maximum atomic E-state index is 14.2. The maximum Gasteiger partial charge on any atom is 0.328 e. The number of anilines is 3. The van der Waals surface area contributed by atoms with E-state index in [1.807, 2.05) is 4.90 Å². The van der Waals surface area contributed by atoms with Crippen molar-refractivity contribution >= 4 is 23.5 Å². The monoisotopic (exact) mass is 347 g/mol. The summed E-state index contributed by atoms with van der Waals surface area (Å²) >= 11 is 0. The van der Waals surface area contributed by atoms with Crippen LogP contribution in [0, 0.1) is 11.6 Å². The van der Waals surface area contributed by atoms with Crippen LogP contribution < -0.4 is 15.1 Å². The number of nitrogens with one attached hydrogen (secondary N) is 1. The number of urea groups is 1. The minimum absolute atomic E-state index is 0.184.